The van der Waals surface area contributed by atoms with Gasteiger partial charge in [-0.25, -0.2) is 0 Å². The van der Waals surface area contributed by atoms with Crippen LogP contribution in [0.25, 0.3) is 0 Å². The summed E-state index contributed by atoms with van der Waals surface area (Å²) >= 11 is 1.32. The van der Waals surface area contributed by atoms with Gasteiger partial charge in [0.25, 0.3) is 5.91 Å². The van der Waals surface area contributed by atoms with Gasteiger partial charge >= 0.3 is 0 Å². The smallest absolute Gasteiger partial charge is 0.298 e. The highest BCUT2D eigenvalue weighted by Crippen LogP contribution is 2.40. The van der Waals surface area contributed by atoms with Crippen LogP contribution in [0.2, 0.25) is 0 Å². The summed E-state index contributed by atoms with van der Waals surface area (Å²) in [7, 11) is 0. The average Bonchev–Trinajstić information content (AvgIpc) is 3.35. The molecule has 2 heterocycles. The van der Waals surface area contributed by atoms with Crippen LogP contribution < -0.4 is 4.90 Å². The third-order valence-electron chi connectivity index (χ3n) is 4.32. The molecule has 0 bridgehead atoms. The van der Waals surface area contributed by atoms with Gasteiger partial charge in [-0.2, -0.15) is 0 Å². The van der Waals surface area contributed by atoms with E-state index in [0.717, 1.165) is 4.90 Å². The van der Waals surface area contributed by atoms with Gasteiger partial charge in [0.2, 0.25) is 5.78 Å². The van der Waals surface area contributed by atoms with Gasteiger partial charge in [0, 0.05) is 27.9 Å². The number of thioether (sulfide) groups is 1. The number of allylic oxidation sites excluding steroid dienone is 1. The van der Waals surface area contributed by atoms with Crippen LogP contribution in [0.5, 0.6) is 0 Å². The number of amides is 1. The van der Waals surface area contributed by atoms with E-state index < -0.39 is 5.91 Å². The molecule has 0 fully saturated rings. The van der Waals surface area contributed by atoms with Gasteiger partial charge in [-0.1, -0.05) is 23.9 Å². The monoisotopic (exact) mass is 389 g/mol. The number of carbonyl (C=O) groups excluding carboxylic acids is 3. The molecule has 0 saturated heterocycles. The van der Waals surface area contributed by atoms with Crippen molar-refractivity contribution in [2.45, 2.75) is 11.8 Å². The predicted octanol–water partition coefficient (Wildman–Crippen LogP) is 4.96. The van der Waals surface area contributed by atoms with Crippen LogP contribution in [0.4, 0.5) is 5.69 Å². The van der Waals surface area contributed by atoms with Gasteiger partial charge in [0.05, 0.1) is 11.2 Å². The van der Waals surface area contributed by atoms with E-state index in [9.17, 15) is 14.4 Å². The highest BCUT2D eigenvalue weighted by atomic mass is 32.2. The van der Waals surface area contributed by atoms with Crippen molar-refractivity contribution in [1.82, 2.24) is 0 Å². The van der Waals surface area contributed by atoms with Gasteiger partial charge in [-0.15, -0.1) is 0 Å². The fourth-order valence-electron chi connectivity index (χ4n) is 2.87. The molecule has 1 aliphatic heterocycles. The number of nitrogens with zero attached hydrogens (tertiary/aromatic N) is 1. The SMILES string of the molecule is CC(=O)c1ccc(N(/C=C2/Sc3ccccc3C2=O)C(=O)c2ccco2)cc1. The zero-order valence-electron chi connectivity index (χ0n) is 14.9. The van der Waals surface area contributed by atoms with Gasteiger partial charge in [0.1, 0.15) is 0 Å². The second-order valence-corrected chi connectivity index (χ2v) is 7.26. The normalized spacial score (nSPS) is 14.2. The van der Waals surface area contributed by atoms with Crippen molar-refractivity contribution in [3.63, 3.8) is 0 Å². The molecule has 0 spiro atoms. The number of hydrogen-bond acceptors (Lipinski definition) is 5. The lowest BCUT2D eigenvalue weighted by Gasteiger charge is -2.18. The van der Waals surface area contributed by atoms with Crippen molar-refractivity contribution in [2.24, 2.45) is 0 Å². The van der Waals surface area contributed by atoms with Crippen LogP contribution in [0, 0.1) is 0 Å². The Morgan fingerprint density at radius 3 is 2.39 bits per heavy atom. The van der Waals surface area contributed by atoms with Gasteiger partial charge in [0.15, 0.2) is 11.5 Å². The number of fused-ring (bicyclic) bond motifs is 1. The van der Waals surface area contributed by atoms with E-state index in [2.05, 4.69) is 0 Å². The first-order valence-electron chi connectivity index (χ1n) is 8.56. The first kappa shape index (κ1) is 18.0. The lowest BCUT2D eigenvalue weighted by atomic mass is 10.1. The molecule has 0 radical (unpaired) electrons. The molecule has 28 heavy (non-hydrogen) atoms. The molecule has 0 atom stereocenters. The molecule has 0 aliphatic carbocycles. The van der Waals surface area contributed by atoms with E-state index in [0.29, 0.717) is 21.7 Å². The number of ketones is 2. The van der Waals surface area contributed by atoms with Crippen molar-refractivity contribution in [2.75, 3.05) is 4.90 Å². The fraction of sp³-hybridized carbons (Fsp3) is 0.0455. The number of anilines is 1. The molecule has 0 N–H and O–H groups in total. The van der Waals surface area contributed by atoms with Crippen LogP contribution in [0.3, 0.4) is 0 Å². The Morgan fingerprint density at radius 2 is 1.75 bits per heavy atom. The van der Waals surface area contributed by atoms with Crippen molar-refractivity contribution in [3.05, 3.63) is 94.9 Å². The maximum Gasteiger partial charge on any atom is 0.298 e. The minimum Gasteiger partial charge on any atom is -0.459 e. The van der Waals surface area contributed by atoms with E-state index in [1.54, 1.807) is 42.5 Å². The summed E-state index contributed by atoms with van der Waals surface area (Å²) in [6.45, 7) is 1.48. The molecule has 3 aromatic rings. The second-order valence-electron chi connectivity index (χ2n) is 6.18. The third kappa shape index (κ3) is 3.30. The quantitative estimate of drug-likeness (QED) is 0.466. The first-order chi connectivity index (χ1) is 13.5. The summed E-state index contributed by atoms with van der Waals surface area (Å²) in [4.78, 5) is 39.9. The summed E-state index contributed by atoms with van der Waals surface area (Å²) < 4.78 is 5.25. The van der Waals surface area contributed by atoms with Crippen LogP contribution >= 0.6 is 11.8 Å². The molecule has 6 heteroatoms. The standard InChI is InChI=1S/C22H15NO4S/c1-14(24)15-8-10-16(11-9-15)23(22(26)18-6-4-12-27-18)13-20-21(25)17-5-2-3-7-19(17)28-20/h2-13H,1H3/b20-13+. The highest BCUT2D eigenvalue weighted by molar-refractivity contribution is 8.04. The Morgan fingerprint density at radius 1 is 1.00 bits per heavy atom. The number of benzene rings is 2. The van der Waals surface area contributed by atoms with Crippen LogP contribution in [-0.2, 0) is 0 Å². The Hall–Kier alpha value is -3.38. The van der Waals surface area contributed by atoms with Crippen molar-refractivity contribution >= 4 is 34.9 Å². The largest absolute Gasteiger partial charge is 0.459 e. The maximum absolute atomic E-state index is 13.0. The number of rotatable bonds is 4. The van der Waals surface area contributed by atoms with E-state index in [-0.39, 0.29) is 17.3 Å². The van der Waals surface area contributed by atoms with Crippen molar-refractivity contribution in [3.8, 4) is 0 Å². The molecule has 1 aliphatic rings. The Labute approximate surface area is 165 Å². The molecule has 2 aromatic carbocycles. The zero-order chi connectivity index (χ0) is 19.7. The van der Waals surface area contributed by atoms with Crippen LogP contribution in [-0.4, -0.2) is 17.5 Å². The number of furan rings is 1. The molecule has 4 rings (SSSR count). The van der Waals surface area contributed by atoms with E-state index in [1.807, 2.05) is 18.2 Å². The van der Waals surface area contributed by atoms with Gasteiger partial charge in [-0.3, -0.25) is 19.3 Å². The van der Waals surface area contributed by atoms with Crippen LogP contribution in [0.1, 0.15) is 38.2 Å². The predicted molar refractivity (Wildman–Crippen MR) is 107 cm³/mol. The molecule has 1 aromatic heterocycles. The molecule has 0 saturated carbocycles. The topological polar surface area (TPSA) is 67.6 Å². The Kier molecular flexibility index (Phi) is 4.71. The summed E-state index contributed by atoms with van der Waals surface area (Å²) in [6, 6.07) is 17.2. The van der Waals surface area contributed by atoms with Gasteiger partial charge in [-0.05, 0) is 55.5 Å². The lowest BCUT2D eigenvalue weighted by Crippen LogP contribution is -2.25. The van der Waals surface area contributed by atoms with Gasteiger partial charge < -0.3 is 4.42 Å². The van der Waals surface area contributed by atoms with Crippen LogP contribution in [0.15, 0.2) is 87.3 Å². The molecule has 138 valence electrons. The first-order valence-corrected chi connectivity index (χ1v) is 9.38. The third-order valence-corrected chi connectivity index (χ3v) is 5.41. The minimum atomic E-state index is -0.405. The summed E-state index contributed by atoms with van der Waals surface area (Å²) in [6.07, 6.45) is 2.95. The minimum absolute atomic E-state index is 0.0641. The molecular formula is C22H15NO4S. The molecule has 1 amide bonds. The number of Topliss-reactive ketones (excluding diaryl/α,β-unsaturated/α-hetero) is 2. The Bertz CT molecular complexity index is 1100. The molecule has 5 nitrogen and oxygen atoms in total. The number of hydrogen-bond donors (Lipinski definition) is 0. The van der Waals surface area contributed by atoms with Crippen molar-refractivity contribution < 1.29 is 18.8 Å². The summed E-state index contributed by atoms with van der Waals surface area (Å²) in [5.41, 5.74) is 1.69. The summed E-state index contributed by atoms with van der Waals surface area (Å²) in [5.74, 6) is -0.443. The molecular weight excluding hydrogens is 374 g/mol. The number of carbonyl (C=O) groups is 3. The van der Waals surface area contributed by atoms with E-state index in [4.69, 9.17) is 4.42 Å². The second kappa shape index (κ2) is 7.32. The Balaban J connectivity index is 1.75. The lowest BCUT2D eigenvalue weighted by molar-refractivity contribution is 0.0970. The van der Waals surface area contributed by atoms with E-state index >= 15 is 0 Å². The van der Waals surface area contributed by atoms with E-state index in [1.165, 1.54) is 36.0 Å². The maximum atomic E-state index is 13.0. The summed E-state index contributed by atoms with van der Waals surface area (Å²) in [5, 5.41) is 0. The fourth-order valence-corrected chi connectivity index (χ4v) is 3.88. The highest BCUT2D eigenvalue weighted by Gasteiger charge is 2.28. The van der Waals surface area contributed by atoms with Crippen molar-refractivity contribution in [1.29, 1.82) is 0 Å². The molecule has 0 unspecified atom stereocenters. The average molecular weight is 389 g/mol. The zero-order valence-corrected chi connectivity index (χ0v) is 15.7.